The lowest BCUT2D eigenvalue weighted by Gasteiger charge is -2.22. The molecule has 1 aliphatic heterocycles. The maximum Gasteiger partial charge on any atom is 0.237 e. The molecule has 0 aromatic carbocycles. The van der Waals surface area contributed by atoms with Crippen molar-refractivity contribution >= 4 is 45.6 Å². The molecule has 2 N–H and O–H groups in total. The molecule has 0 radical (unpaired) electrons. The lowest BCUT2D eigenvalue weighted by molar-refractivity contribution is -0.123. The second-order valence-corrected chi connectivity index (χ2v) is 5.86. The van der Waals surface area contributed by atoms with Gasteiger partial charge in [-0.2, -0.15) is 0 Å². The van der Waals surface area contributed by atoms with Crippen LogP contribution >= 0.6 is 39.7 Å². The first-order valence-electron chi connectivity index (χ1n) is 5.50. The van der Waals surface area contributed by atoms with Crippen LogP contribution in [0.25, 0.3) is 0 Å². The van der Waals surface area contributed by atoms with Gasteiger partial charge in [-0.25, -0.2) is 0 Å². The van der Waals surface area contributed by atoms with E-state index in [0.29, 0.717) is 6.54 Å². The zero-order valence-electron chi connectivity index (χ0n) is 9.37. The van der Waals surface area contributed by atoms with E-state index in [1.54, 1.807) is 11.3 Å². The fraction of sp³-hybridized carbons (Fsp3) is 0.545. The largest absolute Gasteiger partial charge is 0.350 e. The first kappa shape index (κ1) is 15.0. The zero-order chi connectivity index (χ0) is 11.4. The van der Waals surface area contributed by atoms with Gasteiger partial charge in [-0.15, -0.1) is 23.7 Å². The Morgan fingerprint density at radius 1 is 1.59 bits per heavy atom. The van der Waals surface area contributed by atoms with Crippen LogP contribution in [0, 0.1) is 0 Å². The number of nitrogens with one attached hydrogen (secondary N) is 2. The van der Waals surface area contributed by atoms with Gasteiger partial charge in [0.15, 0.2) is 0 Å². The van der Waals surface area contributed by atoms with Crippen molar-refractivity contribution in [3.05, 3.63) is 20.8 Å². The van der Waals surface area contributed by atoms with Crippen molar-refractivity contribution in [1.82, 2.24) is 10.6 Å². The third-order valence-corrected chi connectivity index (χ3v) is 4.38. The molecule has 6 heteroatoms. The van der Waals surface area contributed by atoms with Crippen molar-refractivity contribution in [1.29, 1.82) is 0 Å². The molecule has 1 aromatic rings. The molecular weight excluding hydrogens is 324 g/mol. The van der Waals surface area contributed by atoms with Crippen LogP contribution in [-0.2, 0) is 11.3 Å². The maximum atomic E-state index is 11.8. The average molecular weight is 340 g/mol. The average Bonchev–Trinajstić information content (AvgIpc) is 2.73. The van der Waals surface area contributed by atoms with E-state index < -0.39 is 0 Å². The molecule has 96 valence electrons. The van der Waals surface area contributed by atoms with Crippen LogP contribution in [-0.4, -0.2) is 18.5 Å². The number of thiophene rings is 1. The summed E-state index contributed by atoms with van der Waals surface area (Å²) in [7, 11) is 0. The number of carbonyl (C=O) groups excluding carboxylic acids is 1. The molecule has 0 saturated carbocycles. The van der Waals surface area contributed by atoms with Crippen molar-refractivity contribution in [2.24, 2.45) is 0 Å². The van der Waals surface area contributed by atoms with Gasteiger partial charge in [0.2, 0.25) is 5.91 Å². The van der Waals surface area contributed by atoms with Gasteiger partial charge in [0.25, 0.3) is 0 Å². The molecule has 3 nitrogen and oxygen atoms in total. The molecule has 2 rings (SSSR count). The normalized spacial score (nSPS) is 19.5. The van der Waals surface area contributed by atoms with Crippen molar-refractivity contribution < 1.29 is 4.79 Å². The highest BCUT2D eigenvalue weighted by molar-refractivity contribution is 9.10. The molecule has 1 fully saturated rings. The summed E-state index contributed by atoms with van der Waals surface area (Å²) in [6, 6.07) is 2.05. The van der Waals surface area contributed by atoms with E-state index in [0.717, 1.165) is 23.9 Å². The number of amides is 1. The van der Waals surface area contributed by atoms with Crippen LogP contribution in [0.2, 0.25) is 0 Å². The van der Waals surface area contributed by atoms with Crippen LogP contribution in [0.4, 0.5) is 0 Å². The first-order valence-corrected chi connectivity index (χ1v) is 7.17. The Kier molecular flexibility index (Phi) is 6.48. The standard InChI is InChI=1S/C11H15BrN2OS.ClH/c12-8-5-9(16-7-8)6-14-11(15)10-3-1-2-4-13-10;/h5,7,10,13H,1-4,6H2,(H,14,15);1H. The van der Waals surface area contributed by atoms with Gasteiger partial charge in [0, 0.05) is 14.7 Å². The predicted molar refractivity (Wildman–Crippen MR) is 76.8 cm³/mol. The van der Waals surface area contributed by atoms with Crippen LogP contribution in [0.15, 0.2) is 15.9 Å². The fourth-order valence-corrected chi connectivity index (χ4v) is 3.21. The SMILES string of the molecule is Cl.O=C(NCc1cc(Br)cs1)C1CCCCN1. The Balaban J connectivity index is 0.00000144. The van der Waals surface area contributed by atoms with E-state index in [1.165, 1.54) is 11.3 Å². The summed E-state index contributed by atoms with van der Waals surface area (Å²) < 4.78 is 1.08. The fourth-order valence-electron chi connectivity index (χ4n) is 1.82. The van der Waals surface area contributed by atoms with Crippen LogP contribution < -0.4 is 10.6 Å². The summed E-state index contributed by atoms with van der Waals surface area (Å²) in [4.78, 5) is 13.0. The summed E-state index contributed by atoms with van der Waals surface area (Å²) in [5, 5.41) is 8.24. The van der Waals surface area contributed by atoms with Gasteiger partial charge in [-0.05, 0) is 41.4 Å². The highest BCUT2D eigenvalue weighted by Gasteiger charge is 2.19. The Labute approximate surface area is 120 Å². The minimum absolute atomic E-state index is 0. The number of rotatable bonds is 3. The Morgan fingerprint density at radius 3 is 3.00 bits per heavy atom. The minimum atomic E-state index is 0. The smallest absolute Gasteiger partial charge is 0.237 e. The van der Waals surface area contributed by atoms with Gasteiger partial charge in [-0.1, -0.05) is 6.42 Å². The van der Waals surface area contributed by atoms with Gasteiger partial charge < -0.3 is 10.6 Å². The van der Waals surface area contributed by atoms with E-state index >= 15 is 0 Å². The minimum Gasteiger partial charge on any atom is -0.350 e. The molecule has 1 saturated heterocycles. The predicted octanol–water partition coefficient (Wildman–Crippen LogP) is 2.69. The van der Waals surface area contributed by atoms with E-state index in [2.05, 4.69) is 26.6 Å². The maximum absolute atomic E-state index is 11.8. The molecule has 2 heterocycles. The van der Waals surface area contributed by atoms with Crippen molar-refractivity contribution in [3.8, 4) is 0 Å². The molecule has 1 aliphatic rings. The van der Waals surface area contributed by atoms with Gasteiger partial charge in [-0.3, -0.25) is 4.79 Å². The lowest BCUT2D eigenvalue weighted by atomic mass is 10.0. The van der Waals surface area contributed by atoms with Gasteiger partial charge >= 0.3 is 0 Å². The summed E-state index contributed by atoms with van der Waals surface area (Å²) in [6.45, 7) is 1.59. The lowest BCUT2D eigenvalue weighted by Crippen LogP contribution is -2.46. The second kappa shape index (κ2) is 7.36. The Morgan fingerprint density at radius 2 is 2.41 bits per heavy atom. The molecule has 1 atom stereocenters. The Bertz CT molecular complexity index is 366. The third-order valence-electron chi connectivity index (χ3n) is 2.69. The molecule has 1 amide bonds. The summed E-state index contributed by atoms with van der Waals surface area (Å²) >= 11 is 5.06. The first-order chi connectivity index (χ1) is 7.75. The molecular formula is C11H16BrClN2OS. The number of hydrogen-bond acceptors (Lipinski definition) is 3. The zero-order valence-corrected chi connectivity index (χ0v) is 12.6. The molecule has 17 heavy (non-hydrogen) atoms. The molecule has 1 unspecified atom stereocenters. The molecule has 0 spiro atoms. The van der Waals surface area contributed by atoms with Crippen LogP contribution in [0.3, 0.4) is 0 Å². The topological polar surface area (TPSA) is 41.1 Å². The number of piperidine rings is 1. The van der Waals surface area contributed by atoms with E-state index in [9.17, 15) is 4.79 Å². The second-order valence-electron chi connectivity index (χ2n) is 3.95. The highest BCUT2D eigenvalue weighted by atomic mass is 79.9. The highest BCUT2D eigenvalue weighted by Crippen LogP contribution is 2.19. The summed E-state index contributed by atoms with van der Waals surface area (Å²) in [5.74, 6) is 0.129. The molecule has 1 aromatic heterocycles. The van der Waals surface area contributed by atoms with Crippen LogP contribution in [0.5, 0.6) is 0 Å². The molecule has 0 aliphatic carbocycles. The van der Waals surface area contributed by atoms with Crippen molar-refractivity contribution in [2.75, 3.05) is 6.54 Å². The monoisotopic (exact) mass is 338 g/mol. The number of halogens is 2. The van der Waals surface area contributed by atoms with Crippen molar-refractivity contribution in [2.45, 2.75) is 31.8 Å². The van der Waals surface area contributed by atoms with Gasteiger partial charge in [0.1, 0.15) is 0 Å². The quantitative estimate of drug-likeness (QED) is 0.889. The van der Waals surface area contributed by atoms with E-state index in [1.807, 2.05) is 11.4 Å². The van der Waals surface area contributed by atoms with Crippen LogP contribution in [0.1, 0.15) is 24.1 Å². The van der Waals surface area contributed by atoms with E-state index in [4.69, 9.17) is 0 Å². The molecule has 0 bridgehead atoms. The third kappa shape index (κ3) is 4.58. The van der Waals surface area contributed by atoms with E-state index in [-0.39, 0.29) is 24.4 Å². The number of hydrogen-bond donors (Lipinski definition) is 2. The summed E-state index contributed by atoms with van der Waals surface area (Å²) in [6.07, 6.45) is 3.29. The summed E-state index contributed by atoms with van der Waals surface area (Å²) in [5.41, 5.74) is 0. The number of carbonyl (C=O) groups is 1. The Hall–Kier alpha value is -0.100. The van der Waals surface area contributed by atoms with Crippen molar-refractivity contribution in [3.63, 3.8) is 0 Å². The van der Waals surface area contributed by atoms with Gasteiger partial charge in [0.05, 0.1) is 12.6 Å².